The fraction of sp³-hybridized carbons (Fsp3) is 0.364. The van der Waals surface area contributed by atoms with Gasteiger partial charge >= 0.3 is 0 Å². The van der Waals surface area contributed by atoms with Crippen LogP contribution in [0.5, 0.6) is 0 Å². The highest BCUT2D eigenvalue weighted by Crippen LogP contribution is 2.20. The van der Waals surface area contributed by atoms with Crippen LogP contribution in [0.1, 0.15) is 6.92 Å². The number of nitrogen functional groups attached to an aromatic ring is 1. The maximum absolute atomic E-state index is 12.8. The third kappa shape index (κ3) is 4.24. The SMILES string of the molecule is CC(SCCO)C(=O)Nc1ccc(F)cc1N. The summed E-state index contributed by atoms with van der Waals surface area (Å²) in [5.41, 5.74) is 6.16. The number of hydrogen-bond donors (Lipinski definition) is 3. The van der Waals surface area contributed by atoms with Crippen molar-refractivity contribution >= 4 is 29.0 Å². The monoisotopic (exact) mass is 258 g/mol. The highest BCUT2D eigenvalue weighted by Gasteiger charge is 2.14. The summed E-state index contributed by atoms with van der Waals surface area (Å²) in [5, 5.41) is 11.0. The van der Waals surface area contributed by atoms with Gasteiger partial charge < -0.3 is 16.2 Å². The first kappa shape index (κ1) is 13.8. The van der Waals surface area contributed by atoms with E-state index >= 15 is 0 Å². The lowest BCUT2D eigenvalue weighted by Gasteiger charge is -2.12. The molecule has 4 nitrogen and oxygen atoms in total. The van der Waals surface area contributed by atoms with Crippen molar-refractivity contribution in [1.29, 1.82) is 0 Å². The number of rotatable bonds is 5. The minimum atomic E-state index is -0.441. The largest absolute Gasteiger partial charge is 0.397 e. The quantitative estimate of drug-likeness (QED) is 0.699. The van der Waals surface area contributed by atoms with Crippen LogP contribution >= 0.6 is 11.8 Å². The number of amides is 1. The first-order valence-corrected chi connectivity index (χ1v) is 6.18. The second-order valence-corrected chi connectivity index (χ2v) is 4.91. The molecule has 0 saturated carbocycles. The third-order valence-electron chi connectivity index (χ3n) is 2.10. The van der Waals surface area contributed by atoms with Gasteiger partial charge in [0.1, 0.15) is 5.82 Å². The Bertz CT molecular complexity index is 401. The number of nitrogens with one attached hydrogen (secondary N) is 1. The Balaban J connectivity index is 2.61. The van der Waals surface area contributed by atoms with Crippen LogP contribution in [0.4, 0.5) is 15.8 Å². The summed E-state index contributed by atoms with van der Waals surface area (Å²) in [4.78, 5) is 11.7. The minimum absolute atomic E-state index is 0.0287. The zero-order valence-corrected chi connectivity index (χ0v) is 10.3. The molecule has 0 spiro atoms. The van der Waals surface area contributed by atoms with Crippen LogP contribution in [0.25, 0.3) is 0 Å². The Labute approximate surface area is 103 Å². The molecular weight excluding hydrogens is 243 g/mol. The number of hydrogen-bond acceptors (Lipinski definition) is 4. The van der Waals surface area contributed by atoms with Crippen molar-refractivity contribution in [3.8, 4) is 0 Å². The van der Waals surface area contributed by atoms with Gasteiger partial charge in [0, 0.05) is 5.75 Å². The Morgan fingerprint density at radius 3 is 2.94 bits per heavy atom. The topological polar surface area (TPSA) is 75.3 Å². The van der Waals surface area contributed by atoms with Gasteiger partial charge in [-0.1, -0.05) is 0 Å². The Morgan fingerprint density at radius 1 is 1.65 bits per heavy atom. The average molecular weight is 258 g/mol. The molecule has 1 atom stereocenters. The normalized spacial score (nSPS) is 12.2. The zero-order chi connectivity index (χ0) is 12.8. The van der Waals surface area contributed by atoms with Gasteiger partial charge in [-0.25, -0.2) is 4.39 Å². The standard InChI is InChI=1S/C11H15FN2O2S/c1-7(17-5-4-15)11(16)14-10-3-2-8(12)6-9(10)13/h2-3,6-7,15H,4-5,13H2,1H3,(H,14,16). The molecule has 1 amide bonds. The fourth-order valence-electron chi connectivity index (χ4n) is 1.19. The summed E-state index contributed by atoms with van der Waals surface area (Å²) in [5.74, 6) is -0.169. The van der Waals surface area contributed by atoms with E-state index in [4.69, 9.17) is 10.8 Å². The van der Waals surface area contributed by atoms with Gasteiger partial charge in [0.2, 0.25) is 5.91 Å². The van der Waals surface area contributed by atoms with Crippen LogP contribution in [0.2, 0.25) is 0 Å². The Kier molecular flexibility index (Phi) is 5.24. The maximum Gasteiger partial charge on any atom is 0.237 e. The van der Waals surface area contributed by atoms with Crippen molar-refractivity contribution in [3.05, 3.63) is 24.0 Å². The van der Waals surface area contributed by atoms with Crippen LogP contribution in [0, 0.1) is 5.82 Å². The van der Waals surface area contributed by atoms with Crippen molar-refractivity contribution in [2.75, 3.05) is 23.4 Å². The Morgan fingerprint density at radius 2 is 2.35 bits per heavy atom. The number of thioether (sulfide) groups is 1. The molecule has 1 rings (SSSR count). The van der Waals surface area contributed by atoms with Crippen molar-refractivity contribution < 1.29 is 14.3 Å². The van der Waals surface area contributed by atoms with Crippen LogP contribution in [0.3, 0.4) is 0 Å². The third-order valence-corrected chi connectivity index (χ3v) is 3.23. The van der Waals surface area contributed by atoms with E-state index in [-0.39, 0.29) is 23.5 Å². The minimum Gasteiger partial charge on any atom is -0.397 e. The molecule has 94 valence electrons. The molecule has 0 aliphatic heterocycles. The molecule has 0 heterocycles. The van der Waals surface area contributed by atoms with Crippen LogP contribution in [-0.2, 0) is 4.79 Å². The number of carbonyl (C=O) groups excluding carboxylic acids is 1. The number of benzene rings is 1. The van der Waals surface area contributed by atoms with E-state index in [1.165, 1.54) is 23.9 Å². The van der Waals surface area contributed by atoms with E-state index in [0.29, 0.717) is 11.4 Å². The van der Waals surface area contributed by atoms with Gasteiger partial charge in [-0.3, -0.25) is 4.79 Å². The van der Waals surface area contributed by atoms with Gasteiger partial charge in [0.05, 0.1) is 23.2 Å². The molecule has 0 saturated heterocycles. The molecule has 0 radical (unpaired) electrons. The van der Waals surface area contributed by atoms with E-state index < -0.39 is 5.82 Å². The first-order chi connectivity index (χ1) is 8.04. The molecule has 1 aromatic carbocycles. The number of carbonyl (C=O) groups is 1. The predicted octanol–water partition coefficient (Wildman–Crippen LogP) is 1.46. The lowest BCUT2D eigenvalue weighted by molar-refractivity contribution is -0.115. The predicted molar refractivity (Wildman–Crippen MR) is 68.4 cm³/mol. The number of nitrogens with two attached hydrogens (primary N) is 1. The molecule has 17 heavy (non-hydrogen) atoms. The lowest BCUT2D eigenvalue weighted by Crippen LogP contribution is -2.23. The average Bonchev–Trinajstić information content (AvgIpc) is 2.29. The van der Waals surface area contributed by atoms with Gasteiger partial charge in [0.15, 0.2) is 0 Å². The summed E-state index contributed by atoms with van der Waals surface area (Å²) < 4.78 is 12.8. The van der Waals surface area contributed by atoms with Crippen molar-refractivity contribution in [1.82, 2.24) is 0 Å². The van der Waals surface area contributed by atoms with Gasteiger partial charge in [-0.15, -0.1) is 11.8 Å². The van der Waals surface area contributed by atoms with E-state index in [0.717, 1.165) is 6.07 Å². The summed E-state index contributed by atoms with van der Waals surface area (Å²) >= 11 is 1.34. The van der Waals surface area contributed by atoms with Crippen LogP contribution in [0.15, 0.2) is 18.2 Å². The second-order valence-electron chi connectivity index (χ2n) is 3.46. The van der Waals surface area contributed by atoms with Crippen molar-refractivity contribution in [2.45, 2.75) is 12.2 Å². The lowest BCUT2D eigenvalue weighted by atomic mass is 10.2. The number of anilines is 2. The maximum atomic E-state index is 12.8. The molecule has 0 fully saturated rings. The number of aliphatic hydroxyl groups excluding tert-OH is 1. The van der Waals surface area contributed by atoms with Gasteiger partial charge in [-0.2, -0.15) is 0 Å². The zero-order valence-electron chi connectivity index (χ0n) is 9.44. The van der Waals surface area contributed by atoms with E-state index in [2.05, 4.69) is 5.32 Å². The number of aliphatic hydroxyl groups is 1. The molecule has 6 heteroatoms. The highest BCUT2D eigenvalue weighted by molar-refractivity contribution is 8.00. The molecule has 0 aromatic heterocycles. The van der Waals surface area contributed by atoms with Gasteiger partial charge in [0.25, 0.3) is 0 Å². The highest BCUT2D eigenvalue weighted by atomic mass is 32.2. The summed E-state index contributed by atoms with van der Waals surface area (Å²) in [6.45, 7) is 1.76. The molecule has 1 aromatic rings. The molecule has 1 unspecified atom stereocenters. The molecule has 0 aliphatic carbocycles. The summed E-state index contributed by atoms with van der Waals surface area (Å²) in [7, 11) is 0. The van der Waals surface area contributed by atoms with E-state index in [1.807, 2.05) is 0 Å². The van der Waals surface area contributed by atoms with E-state index in [1.54, 1.807) is 6.92 Å². The van der Waals surface area contributed by atoms with Crippen molar-refractivity contribution in [3.63, 3.8) is 0 Å². The summed E-state index contributed by atoms with van der Waals surface area (Å²) in [6, 6.07) is 3.81. The first-order valence-electron chi connectivity index (χ1n) is 5.13. The second kappa shape index (κ2) is 6.46. The molecule has 4 N–H and O–H groups in total. The molecule has 0 aliphatic rings. The smallest absolute Gasteiger partial charge is 0.237 e. The van der Waals surface area contributed by atoms with Crippen molar-refractivity contribution in [2.24, 2.45) is 0 Å². The molecule has 0 bridgehead atoms. The molecular formula is C11H15FN2O2S. The van der Waals surface area contributed by atoms with Crippen LogP contribution < -0.4 is 11.1 Å². The van der Waals surface area contributed by atoms with E-state index in [9.17, 15) is 9.18 Å². The van der Waals surface area contributed by atoms with Gasteiger partial charge in [-0.05, 0) is 25.1 Å². The fourth-order valence-corrected chi connectivity index (χ4v) is 1.86. The Hall–Kier alpha value is -1.27. The van der Waals surface area contributed by atoms with Crippen LogP contribution in [-0.4, -0.2) is 28.6 Å². The number of halogens is 1. The summed E-state index contributed by atoms with van der Waals surface area (Å²) in [6.07, 6.45) is 0.